The zero-order valence-electron chi connectivity index (χ0n) is 15.7. The molecule has 2 aromatic rings. The van der Waals surface area contributed by atoms with E-state index < -0.39 is 10.0 Å². The highest BCUT2D eigenvalue weighted by Gasteiger charge is 2.20. The van der Waals surface area contributed by atoms with Crippen LogP contribution in [-0.4, -0.2) is 39.4 Å². The Morgan fingerprint density at radius 2 is 1.74 bits per heavy atom. The monoisotopic (exact) mass is 406 g/mol. The van der Waals surface area contributed by atoms with E-state index in [2.05, 4.69) is 17.4 Å². The summed E-state index contributed by atoms with van der Waals surface area (Å²) in [7, 11) is -3.54. The van der Waals surface area contributed by atoms with Crippen molar-refractivity contribution in [2.24, 2.45) is 0 Å². The molecule has 0 bridgehead atoms. The van der Waals surface area contributed by atoms with Crippen LogP contribution in [0.2, 0.25) is 0 Å². The molecular weight excluding hydrogens is 380 g/mol. The maximum absolute atomic E-state index is 12.2. The zero-order valence-corrected chi connectivity index (χ0v) is 17.4. The largest absolute Gasteiger partial charge is 0.354 e. The van der Waals surface area contributed by atoms with Crippen molar-refractivity contribution >= 4 is 33.4 Å². The van der Waals surface area contributed by atoms with Crippen LogP contribution < -0.4 is 9.62 Å². The summed E-state index contributed by atoms with van der Waals surface area (Å²) in [6, 6.07) is 17.3. The molecule has 7 heteroatoms. The third-order valence-corrected chi connectivity index (χ3v) is 6.21. The first-order chi connectivity index (χ1) is 12.9. The summed E-state index contributed by atoms with van der Waals surface area (Å²) in [5.74, 6) is 0.586. The van der Waals surface area contributed by atoms with Crippen LogP contribution in [0.25, 0.3) is 0 Å². The molecule has 0 aliphatic carbocycles. The number of amides is 1. The van der Waals surface area contributed by atoms with Crippen LogP contribution in [0.4, 0.5) is 5.69 Å². The molecule has 2 rings (SSSR count). The maximum Gasteiger partial charge on any atom is 0.240 e. The molecule has 0 saturated carbocycles. The molecule has 0 radical (unpaired) electrons. The molecule has 0 heterocycles. The number of nitrogens with one attached hydrogen (secondary N) is 1. The fraction of sp³-hybridized carbons (Fsp3) is 0.350. The highest BCUT2D eigenvalue weighted by atomic mass is 32.2. The first-order valence-corrected chi connectivity index (χ1v) is 11.7. The minimum Gasteiger partial charge on any atom is -0.354 e. The lowest BCUT2D eigenvalue weighted by Gasteiger charge is -2.22. The summed E-state index contributed by atoms with van der Waals surface area (Å²) in [5, 5.41) is 2.81. The summed E-state index contributed by atoms with van der Waals surface area (Å²) in [5.41, 5.74) is 1.62. The van der Waals surface area contributed by atoms with Crippen molar-refractivity contribution < 1.29 is 13.2 Å². The molecule has 1 amide bonds. The molecule has 0 saturated heterocycles. The number of carbonyl (C=O) groups excluding carboxylic acids is 1. The van der Waals surface area contributed by atoms with Gasteiger partial charge in [-0.1, -0.05) is 37.3 Å². The number of thioether (sulfide) groups is 1. The van der Waals surface area contributed by atoms with E-state index in [1.807, 2.05) is 37.3 Å². The molecule has 2 aromatic carbocycles. The van der Waals surface area contributed by atoms with Crippen molar-refractivity contribution in [3.63, 3.8) is 0 Å². The Labute approximate surface area is 166 Å². The highest BCUT2D eigenvalue weighted by Crippen LogP contribution is 2.19. The first kappa shape index (κ1) is 21.3. The van der Waals surface area contributed by atoms with Gasteiger partial charge in [-0.3, -0.25) is 9.10 Å². The molecule has 0 fully saturated rings. The molecule has 0 aromatic heterocycles. The third-order valence-electron chi connectivity index (χ3n) is 3.98. The minimum absolute atomic E-state index is 0.212. The van der Waals surface area contributed by atoms with Crippen LogP contribution in [0.3, 0.4) is 0 Å². The SMILES string of the molecule is CCc1ccc(N(CC(=O)NCCCSc2ccccc2)S(C)(=O)=O)cc1. The summed E-state index contributed by atoms with van der Waals surface area (Å²) < 4.78 is 25.3. The van der Waals surface area contributed by atoms with Crippen LogP contribution in [0, 0.1) is 0 Å². The fourth-order valence-corrected chi connectivity index (χ4v) is 4.22. The Kier molecular flexibility index (Phi) is 8.19. The van der Waals surface area contributed by atoms with Crippen molar-refractivity contribution in [2.75, 3.05) is 29.4 Å². The molecule has 0 unspecified atom stereocenters. The van der Waals surface area contributed by atoms with Gasteiger partial charge >= 0.3 is 0 Å². The normalized spacial score (nSPS) is 11.2. The van der Waals surface area contributed by atoms with Crippen molar-refractivity contribution in [1.82, 2.24) is 5.32 Å². The third kappa shape index (κ3) is 7.27. The quantitative estimate of drug-likeness (QED) is 0.486. The Hall–Kier alpha value is -1.99. The molecule has 0 aliphatic heterocycles. The molecule has 27 heavy (non-hydrogen) atoms. The Morgan fingerprint density at radius 1 is 1.07 bits per heavy atom. The van der Waals surface area contributed by atoms with Gasteiger partial charge < -0.3 is 5.32 Å². The zero-order chi connectivity index (χ0) is 19.7. The van der Waals surface area contributed by atoms with E-state index in [1.165, 1.54) is 4.90 Å². The maximum atomic E-state index is 12.2. The second-order valence-corrected chi connectivity index (χ2v) is 9.23. The van der Waals surface area contributed by atoms with Crippen LogP contribution >= 0.6 is 11.8 Å². The van der Waals surface area contributed by atoms with Crippen LogP contribution in [0.15, 0.2) is 59.5 Å². The topological polar surface area (TPSA) is 66.5 Å². The summed E-state index contributed by atoms with van der Waals surface area (Å²) in [4.78, 5) is 13.4. The smallest absolute Gasteiger partial charge is 0.240 e. The number of sulfonamides is 1. The lowest BCUT2D eigenvalue weighted by molar-refractivity contribution is -0.119. The van der Waals surface area contributed by atoms with Crippen LogP contribution in [-0.2, 0) is 21.2 Å². The lowest BCUT2D eigenvalue weighted by atomic mass is 10.1. The molecular formula is C20H26N2O3S2. The van der Waals surface area contributed by atoms with Gasteiger partial charge in [-0.05, 0) is 48.4 Å². The fourth-order valence-electron chi connectivity index (χ4n) is 2.49. The predicted molar refractivity (Wildman–Crippen MR) is 113 cm³/mol. The van der Waals surface area contributed by atoms with Crippen molar-refractivity contribution in [1.29, 1.82) is 0 Å². The number of hydrogen-bond acceptors (Lipinski definition) is 4. The molecule has 0 spiro atoms. The summed E-state index contributed by atoms with van der Waals surface area (Å²) in [6.07, 6.45) is 2.81. The van der Waals surface area contributed by atoms with E-state index in [0.717, 1.165) is 34.7 Å². The Balaban J connectivity index is 1.83. The first-order valence-electron chi connectivity index (χ1n) is 8.91. The molecule has 0 aliphatic rings. The van der Waals surface area contributed by atoms with E-state index in [4.69, 9.17) is 0 Å². The van der Waals surface area contributed by atoms with Gasteiger partial charge in [-0.25, -0.2) is 8.42 Å². The minimum atomic E-state index is -3.54. The van der Waals surface area contributed by atoms with Crippen molar-refractivity contribution in [3.8, 4) is 0 Å². The number of nitrogens with zero attached hydrogens (tertiary/aromatic N) is 1. The van der Waals surface area contributed by atoms with Crippen LogP contribution in [0.5, 0.6) is 0 Å². The molecule has 0 atom stereocenters. The number of carbonyl (C=O) groups is 1. The average molecular weight is 407 g/mol. The average Bonchev–Trinajstić information content (AvgIpc) is 2.66. The number of rotatable bonds is 10. The van der Waals surface area contributed by atoms with E-state index in [-0.39, 0.29) is 12.5 Å². The van der Waals surface area contributed by atoms with E-state index in [0.29, 0.717) is 12.2 Å². The van der Waals surface area contributed by atoms with Gasteiger partial charge in [-0.15, -0.1) is 11.8 Å². The summed E-state index contributed by atoms with van der Waals surface area (Å²) >= 11 is 1.73. The van der Waals surface area contributed by atoms with E-state index in [9.17, 15) is 13.2 Å². The molecule has 1 N–H and O–H groups in total. The number of hydrogen-bond donors (Lipinski definition) is 1. The molecule has 5 nitrogen and oxygen atoms in total. The van der Waals surface area contributed by atoms with Gasteiger partial charge in [0.05, 0.1) is 11.9 Å². The van der Waals surface area contributed by atoms with Gasteiger partial charge in [0, 0.05) is 11.4 Å². The highest BCUT2D eigenvalue weighted by molar-refractivity contribution is 7.99. The second kappa shape index (κ2) is 10.4. The van der Waals surface area contributed by atoms with Gasteiger partial charge in [0.2, 0.25) is 15.9 Å². The van der Waals surface area contributed by atoms with Crippen molar-refractivity contribution in [3.05, 3.63) is 60.2 Å². The van der Waals surface area contributed by atoms with Crippen LogP contribution in [0.1, 0.15) is 18.9 Å². The van der Waals surface area contributed by atoms with Crippen molar-refractivity contribution in [2.45, 2.75) is 24.7 Å². The lowest BCUT2D eigenvalue weighted by Crippen LogP contribution is -2.40. The van der Waals surface area contributed by atoms with Gasteiger partial charge in [0.15, 0.2) is 0 Å². The Bertz CT molecular complexity index is 822. The number of aryl methyl sites for hydroxylation is 1. The number of anilines is 1. The standard InChI is InChI=1S/C20H26N2O3S2/c1-3-17-10-12-18(13-11-17)22(27(2,24)25)16-20(23)21-14-7-15-26-19-8-5-4-6-9-19/h4-6,8-13H,3,7,14-16H2,1-2H3,(H,21,23). The van der Waals surface area contributed by atoms with Gasteiger partial charge in [0.25, 0.3) is 0 Å². The van der Waals surface area contributed by atoms with E-state index in [1.54, 1.807) is 23.9 Å². The van der Waals surface area contributed by atoms with E-state index >= 15 is 0 Å². The second-order valence-electron chi connectivity index (χ2n) is 6.15. The van der Waals surface area contributed by atoms with Gasteiger partial charge in [0.1, 0.15) is 6.54 Å². The predicted octanol–water partition coefficient (Wildman–Crippen LogP) is 3.31. The summed E-state index contributed by atoms with van der Waals surface area (Å²) in [6.45, 7) is 2.34. The number of benzene rings is 2. The Morgan fingerprint density at radius 3 is 2.33 bits per heavy atom. The molecule has 146 valence electrons. The van der Waals surface area contributed by atoms with Gasteiger partial charge in [-0.2, -0.15) is 0 Å².